The van der Waals surface area contributed by atoms with Gasteiger partial charge in [0.05, 0.1) is 18.9 Å². The predicted octanol–water partition coefficient (Wildman–Crippen LogP) is 0.394. The summed E-state index contributed by atoms with van der Waals surface area (Å²) in [5.74, 6) is 1.88. The zero-order valence-electron chi connectivity index (χ0n) is 7.44. The normalized spacial score (nSPS) is 10.0. The first-order chi connectivity index (χ1) is 6.84. The number of rotatable bonds is 3. The number of hydrogen-bond donors (Lipinski definition) is 3. The summed E-state index contributed by atoms with van der Waals surface area (Å²) in [6, 6.07) is 0. The Balaban J connectivity index is 1.98. The Labute approximate surface area is 80.6 Å². The van der Waals surface area contributed by atoms with Gasteiger partial charge in [-0.05, 0) is 0 Å². The number of nitrogens with two attached hydrogens (primary N) is 1. The standard InChI is InChI=1S/C8H10N6/c9-6-3-10-4-8(14-6)13-5-7-11-1-2-12-7/h1-4H,5H2,(H,11,12)(H3,9,13,14). The molecule has 0 atom stereocenters. The predicted molar refractivity (Wildman–Crippen MR) is 52.4 cm³/mol. The van der Waals surface area contributed by atoms with Crippen LogP contribution in [-0.2, 0) is 6.54 Å². The summed E-state index contributed by atoms with van der Waals surface area (Å²) in [6.07, 6.45) is 6.57. The fraction of sp³-hybridized carbons (Fsp3) is 0.125. The van der Waals surface area contributed by atoms with Crippen molar-refractivity contribution in [3.05, 3.63) is 30.6 Å². The first kappa shape index (κ1) is 8.49. The maximum Gasteiger partial charge on any atom is 0.147 e. The van der Waals surface area contributed by atoms with Gasteiger partial charge in [-0.15, -0.1) is 0 Å². The molecule has 0 fully saturated rings. The van der Waals surface area contributed by atoms with Crippen LogP contribution in [0.4, 0.5) is 11.6 Å². The minimum Gasteiger partial charge on any atom is -0.382 e. The molecule has 2 aromatic heterocycles. The summed E-state index contributed by atoms with van der Waals surface area (Å²) >= 11 is 0. The second kappa shape index (κ2) is 3.73. The van der Waals surface area contributed by atoms with E-state index in [9.17, 15) is 0 Å². The van der Waals surface area contributed by atoms with Crippen molar-refractivity contribution in [3.8, 4) is 0 Å². The van der Waals surface area contributed by atoms with Crippen LogP contribution < -0.4 is 11.1 Å². The maximum absolute atomic E-state index is 5.47. The Morgan fingerprint density at radius 1 is 1.43 bits per heavy atom. The van der Waals surface area contributed by atoms with Crippen LogP contribution in [0.2, 0.25) is 0 Å². The maximum atomic E-state index is 5.47. The Hall–Kier alpha value is -2.11. The summed E-state index contributed by atoms with van der Waals surface area (Å²) in [5.41, 5.74) is 5.47. The second-order valence-electron chi connectivity index (χ2n) is 2.72. The van der Waals surface area contributed by atoms with E-state index < -0.39 is 0 Å². The smallest absolute Gasteiger partial charge is 0.147 e. The summed E-state index contributed by atoms with van der Waals surface area (Å²) in [7, 11) is 0. The van der Waals surface area contributed by atoms with Crippen molar-refractivity contribution in [1.29, 1.82) is 0 Å². The molecule has 4 N–H and O–H groups in total. The van der Waals surface area contributed by atoms with Gasteiger partial charge in [-0.1, -0.05) is 0 Å². The Morgan fingerprint density at radius 3 is 3.07 bits per heavy atom. The number of aromatic amines is 1. The molecule has 0 spiro atoms. The van der Waals surface area contributed by atoms with E-state index in [-0.39, 0.29) is 0 Å². The molecule has 0 aliphatic heterocycles. The van der Waals surface area contributed by atoms with Crippen molar-refractivity contribution < 1.29 is 0 Å². The van der Waals surface area contributed by atoms with Crippen LogP contribution in [-0.4, -0.2) is 19.9 Å². The molecular formula is C8H10N6. The van der Waals surface area contributed by atoms with Gasteiger partial charge >= 0.3 is 0 Å². The lowest BCUT2D eigenvalue weighted by Crippen LogP contribution is -2.04. The van der Waals surface area contributed by atoms with Crippen LogP contribution >= 0.6 is 0 Å². The van der Waals surface area contributed by atoms with Gasteiger partial charge in [0.1, 0.15) is 17.5 Å². The lowest BCUT2D eigenvalue weighted by molar-refractivity contribution is 0.984. The minimum absolute atomic E-state index is 0.398. The molecule has 0 saturated carbocycles. The number of nitrogen functional groups attached to an aromatic ring is 1. The van der Waals surface area contributed by atoms with Crippen molar-refractivity contribution in [3.63, 3.8) is 0 Å². The van der Waals surface area contributed by atoms with E-state index in [1.165, 1.54) is 6.20 Å². The minimum atomic E-state index is 0.398. The van der Waals surface area contributed by atoms with E-state index in [0.717, 1.165) is 5.82 Å². The van der Waals surface area contributed by atoms with Crippen molar-refractivity contribution in [1.82, 2.24) is 19.9 Å². The molecule has 0 saturated heterocycles. The lowest BCUT2D eigenvalue weighted by atomic mass is 10.5. The summed E-state index contributed by atoms with van der Waals surface area (Å²) < 4.78 is 0. The Bertz CT molecular complexity index is 396. The number of nitrogens with one attached hydrogen (secondary N) is 2. The van der Waals surface area contributed by atoms with Crippen LogP contribution in [0.25, 0.3) is 0 Å². The van der Waals surface area contributed by atoms with E-state index in [1.54, 1.807) is 18.6 Å². The molecule has 0 unspecified atom stereocenters. The van der Waals surface area contributed by atoms with E-state index in [0.29, 0.717) is 18.2 Å². The SMILES string of the molecule is Nc1cncc(NCc2ncc[nH]2)n1. The zero-order valence-corrected chi connectivity index (χ0v) is 7.44. The molecule has 6 nitrogen and oxygen atoms in total. The molecule has 6 heteroatoms. The molecule has 14 heavy (non-hydrogen) atoms. The Morgan fingerprint density at radius 2 is 2.36 bits per heavy atom. The van der Waals surface area contributed by atoms with Crippen LogP contribution in [0, 0.1) is 0 Å². The quantitative estimate of drug-likeness (QED) is 0.651. The largest absolute Gasteiger partial charge is 0.382 e. The van der Waals surface area contributed by atoms with Gasteiger partial charge in [-0.25, -0.2) is 9.97 Å². The van der Waals surface area contributed by atoms with E-state index in [2.05, 4.69) is 25.3 Å². The molecule has 0 radical (unpaired) electrons. The van der Waals surface area contributed by atoms with Crippen LogP contribution in [0.3, 0.4) is 0 Å². The molecule has 0 amide bonds. The van der Waals surface area contributed by atoms with Crippen molar-refractivity contribution >= 4 is 11.6 Å². The molecule has 0 bridgehead atoms. The topological polar surface area (TPSA) is 92.5 Å². The molecule has 0 aromatic carbocycles. The fourth-order valence-corrected chi connectivity index (χ4v) is 1.04. The van der Waals surface area contributed by atoms with Gasteiger partial charge < -0.3 is 16.0 Å². The van der Waals surface area contributed by atoms with Gasteiger partial charge in [0.2, 0.25) is 0 Å². The van der Waals surface area contributed by atoms with Gasteiger partial charge in [0.25, 0.3) is 0 Å². The van der Waals surface area contributed by atoms with Gasteiger partial charge in [-0.3, -0.25) is 4.98 Å². The number of imidazole rings is 1. The van der Waals surface area contributed by atoms with E-state index in [4.69, 9.17) is 5.73 Å². The second-order valence-corrected chi connectivity index (χ2v) is 2.72. The number of aromatic nitrogens is 4. The van der Waals surface area contributed by atoms with E-state index >= 15 is 0 Å². The molecule has 2 rings (SSSR count). The third-order valence-electron chi connectivity index (χ3n) is 1.64. The third-order valence-corrected chi connectivity index (χ3v) is 1.64. The average molecular weight is 190 g/mol. The molecule has 72 valence electrons. The molecular weight excluding hydrogens is 180 g/mol. The highest BCUT2D eigenvalue weighted by Gasteiger charge is 1.96. The highest BCUT2D eigenvalue weighted by Crippen LogP contribution is 2.03. The van der Waals surface area contributed by atoms with Crippen molar-refractivity contribution in [2.45, 2.75) is 6.54 Å². The van der Waals surface area contributed by atoms with Gasteiger partial charge in [0.15, 0.2) is 0 Å². The highest BCUT2D eigenvalue weighted by atomic mass is 15.1. The van der Waals surface area contributed by atoms with Crippen LogP contribution in [0.15, 0.2) is 24.8 Å². The van der Waals surface area contributed by atoms with E-state index in [1.807, 2.05) is 0 Å². The third kappa shape index (κ3) is 1.98. The number of anilines is 2. The zero-order chi connectivity index (χ0) is 9.80. The first-order valence-corrected chi connectivity index (χ1v) is 4.14. The van der Waals surface area contributed by atoms with Gasteiger partial charge in [0, 0.05) is 12.4 Å². The first-order valence-electron chi connectivity index (χ1n) is 4.14. The number of hydrogen-bond acceptors (Lipinski definition) is 5. The molecule has 2 heterocycles. The lowest BCUT2D eigenvalue weighted by Gasteiger charge is -2.02. The average Bonchev–Trinajstić information content (AvgIpc) is 2.67. The van der Waals surface area contributed by atoms with Crippen molar-refractivity contribution in [2.75, 3.05) is 11.1 Å². The van der Waals surface area contributed by atoms with Crippen molar-refractivity contribution in [2.24, 2.45) is 0 Å². The van der Waals surface area contributed by atoms with Crippen LogP contribution in [0.5, 0.6) is 0 Å². The molecule has 2 aromatic rings. The highest BCUT2D eigenvalue weighted by molar-refractivity contribution is 5.38. The summed E-state index contributed by atoms with van der Waals surface area (Å²) in [5, 5.41) is 3.04. The Kier molecular flexibility index (Phi) is 2.26. The molecule has 0 aliphatic rings. The molecule has 0 aliphatic carbocycles. The summed E-state index contributed by atoms with van der Waals surface area (Å²) in [6.45, 7) is 0.575. The number of nitrogens with zero attached hydrogens (tertiary/aromatic N) is 3. The van der Waals surface area contributed by atoms with Gasteiger partial charge in [-0.2, -0.15) is 0 Å². The summed E-state index contributed by atoms with van der Waals surface area (Å²) in [4.78, 5) is 15.0. The van der Waals surface area contributed by atoms with Crippen LogP contribution in [0.1, 0.15) is 5.82 Å². The number of H-pyrrole nitrogens is 1. The monoisotopic (exact) mass is 190 g/mol. The fourth-order valence-electron chi connectivity index (χ4n) is 1.04.